The van der Waals surface area contributed by atoms with Gasteiger partial charge in [0, 0.05) is 20.8 Å². The van der Waals surface area contributed by atoms with Crippen LogP contribution in [-0.4, -0.2) is 50.6 Å². The molecule has 0 N–H and O–H groups in total. The van der Waals surface area contributed by atoms with Crippen LogP contribution in [0.1, 0.15) is 0 Å². The number of rotatable bonds is 6. The highest BCUT2D eigenvalue weighted by Crippen LogP contribution is 2.58. The maximum atomic E-state index is 13.3. The van der Waals surface area contributed by atoms with E-state index in [0.29, 0.717) is 8.95 Å². The van der Waals surface area contributed by atoms with E-state index < -0.39 is 79.4 Å². The van der Waals surface area contributed by atoms with Crippen LogP contribution in [-0.2, 0) is 48.0 Å². The van der Waals surface area contributed by atoms with Gasteiger partial charge in [0.25, 0.3) is 23.6 Å². The van der Waals surface area contributed by atoms with Crippen LogP contribution in [0.25, 0.3) is 0 Å². The van der Waals surface area contributed by atoms with E-state index in [1.165, 1.54) is 60.7 Å². The van der Waals surface area contributed by atoms with Crippen molar-refractivity contribution in [3.8, 4) is 0 Å². The number of hydrogen-bond donors (Lipinski definition) is 0. The van der Waals surface area contributed by atoms with E-state index in [4.69, 9.17) is 8.57 Å². The van der Waals surface area contributed by atoms with E-state index >= 15 is 0 Å². The number of imide groups is 2. The molecule has 2 aromatic rings. The van der Waals surface area contributed by atoms with Crippen molar-refractivity contribution < 1.29 is 44.6 Å². The molecule has 0 radical (unpaired) electrons. The molecule has 2 saturated heterocycles. The summed E-state index contributed by atoms with van der Waals surface area (Å²) in [5.41, 5.74) is 0. The molecule has 0 aromatic heterocycles. The summed E-state index contributed by atoms with van der Waals surface area (Å²) in [6, 6.07) is 10.7. The van der Waals surface area contributed by atoms with Crippen LogP contribution in [0.5, 0.6) is 0 Å². The van der Waals surface area contributed by atoms with Gasteiger partial charge in [0.1, 0.15) is 0 Å². The monoisotopic (exact) mass is 714 g/mol. The van der Waals surface area contributed by atoms with Crippen LogP contribution in [0.15, 0.2) is 79.4 Å². The van der Waals surface area contributed by atoms with Crippen LogP contribution in [0.2, 0.25) is 0 Å². The molecule has 4 unspecified atom stereocenters. The molecule has 2 aliphatic heterocycles. The van der Waals surface area contributed by atoms with Gasteiger partial charge in [-0.3, -0.25) is 19.2 Å². The third kappa shape index (κ3) is 4.11. The first kappa shape index (κ1) is 27.4. The molecule has 208 valence electrons. The number of hydrogen-bond acceptors (Lipinski definition) is 10. The van der Waals surface area contributed by atoms with E-state index in [2.05, 4.69) is 31.9 Å². The minimum absolute atomic E-state index is 0.183. The summed E-state index contributed by atoms with van der Waals surface area (Å²) in [5.74, 6) is -10.7. The summed E-state index contributed by atoms with van der Waals surface area (Å²) >= 11 is 6.37. The van der Waals surface area contributed by atoms with Crippen molar-refractivity contribution >= 4 is 75.7 Å². The van der Waals surface area contributed by atoms with E-state index in [0.717, 1.165) is 0 Å². The van der Waals surface area contributed by atoms with Gasteiger partial charge in [0.15, 0.2) is 0 Å². The lowest BCUT2D eigenvalue weighted by molar-refractivity contribution is -0.166. The number of hydroxylamine groups is 4. The zero-order valence-corrected chi connectivity index (χ0v) is 24.6. The highest BCUT2D eigenvalue weighted by Gasteiger charge is 2.70. The second-order valence-electron chi connectivity index (χ2n) is 9.55. The average Bonchev–Trinajstić information content (AvgIpc) is 3.32. The Kier molecular flexibility index (Phi) is 6.43. The standard InChI is InChI=1S/C24H16Br2N2O10S2/c25-11-1-5-13(6-2-11)39(33,34)37-27-21(29)17-15-9-10-16(18(17)22(27)30)20-19(15)23(31)28(24(20)32)38-40(35,36)14-7-3-12(26)4-8-14/h1-10,15-20H. The predicted octanol–water partition coefficient (Wildman–Crippen LogP) is 2.17. The molecule has 40 heavy (non-hydrogen) atoms. The zero-order chi connectivity index (χ0) is 28.7. The molecular formula is C24H16Br2N2O10S2. The molecule has 2 aromatic carbocycles. The molecule has 7 rings (SSSR count). The summed E-state index contributed by atoms with van der Waals surface area (Å²) in [6.07, 6.45) is 3.03. The van der Waals surface area contributed by atoms with Gasteiger partial charge in [-0.25, -0.2) is 0 Å². The van der Waals surface area contributed by atoms with Crippen molar-refractivity contribution in [2.24, 2.45) is 35.5 Å². The maximum Gasteiger partial charge on any atom is 0.318 e. The summed E-state index contributed by atoms with van der Waals surface area (Å²) in [5, 5.41) is 0.365. The third-order valence-corrected chi connectivity index (χ3v) is 10.9. The Labute approximate surface area is 244 Å². The molecule has 4 atom stereocenters. The highest BCUT2D eigenvalue weighted by molar-refractivity contribution is 9.10. The Balaban J connectivity index is 1.27. The molecule has 12 nitrogen and oxygen atoms in total. The van der Waals surface area contributed by atoms with Crippen LogP contribution >= 0.6 is 31.9 Å². The predicted molar refractivity (Wildman–Crippen MR) is 139 cm³/mol. The molecule has 0 spiro atoms. The summed E-state index contributed by atoms with van der Waals surface area (Å²) < 4.78 is 62.3. The fourth-order valence-corrected chi connectivity index (χ4v) is 8.13. The van der Waals surface area contributed by atoms with Gasteiger partial charge in [-0.2, -0.15) is 16.8 Å². The Bertz CT molecular complexity index is 1550. The second kappa shape index (κ2) is 9.39. The first-order valence-electron chi connectivity index (χ1n) is 11.7. The topological polar surface area (TPSA) is 161 Å². The SMILES string of the molecule is O=C1C2C3C=CC(C2C(=O)N1OS(=O)(=O)c1ccc(Br)cc1)C1C(=O)N(OS(=O)(=O)c2ccc(Br)cc2)C(=O)C31. The zero-order valence-electron chi connectivity index (χ0n) is 19.8. The average molecular weight is 716 g/mol. The molecular weight excluding hydrogens is 700 g/mol. The number of halogens is 2. The lowest BCUT2D eigenvalue weighted by Crippen LogP contribution is -2.50. The quantitative estimate of drug-likeness (QED) is 0.320. The van der Waals surface area contributed by atoms with E-state index in [1.807, 2.05) is 0 Å². The van der Waals surface area contributed by atoms with Gasteiger partial charge in [0.2, 0.25) is 0 Å². The first-order valence-corrected chi connectivity index (χ1v) is 16.1. The first-order chi connectivity index (χ1) is 18.8. The van der Waals surface area contributed by atoms with Crippen LogP contribution in [0.4, 0.5) is 0 Å². The van der Waals surface area contributed by atoms with Gasteiger partial charge < -0.3 is 0 Å². The minimum atomic E-state index is -4.57. The van der Waals surface area contributed by atoms with Crippen molar-refractivity contribution in [3.05, 3.63) is 69.6 Å². The van der Waals surface area contributed by atoms with Crippen molar-refractivity contribution in [1.29, 1.82) is 0 Å². The molecule has 5 aliphatic rings. The third-order valence-electron chi connectivity index (χ3n) is 7.48. The lowest BCUT2D eigenvalue weighted by atomic mass is 9.54. The van der Waals surface area contributed by atoms with E-state index in [1.54, 1.807) is 0 Å². The molecule has 3 aliphatic carbocycles. The summed E-state index contributed by atoms with van der Waals surface area (Å²) in [6.45, 7) is 0. The number of carbonyl (C=O) groups excluding carboxylic acids is 4. The highest BCUT2D eigenvalue weighted by atomic mass is 79.9. The normalized spacial score (nSPS) is 29.4. The van der Waals surface area contributed by atoms with Crippen LogP contribution in [0.3, 0.4) is 0 Å². The fraction of sp³-hybridized carbons (Fsp3) is 0.250. The van der Waals surface area contributed by atoms with E-state index in [-0.39, 0.29) is 19.9 Å². The maximum absolute atomic E-state index is 13.3. The van der Waals surface area contributed by atoms with Gasteiger partial charge in [-0.1, -0.05) is 44.0 Å². The van der Waals surface area contributed by atoms with Crippen molar-refractivity contribution in [2.45, 2.75) is 9.79 Å². The number of allylic oxidation sites excluding steroid dienone is 2. The number of amides is 4. The smallest absolute Gasteiger partial charge is 0.272 e. The minimum Gasteiger partial charge on any atom is -0.272 e. The van der Waals surface area contributed by atoms with Gasteiger partial charge in [-0.05, 0) is 48.5 Å². The van der Waals surface area contributed by atoms with Crippen LogP contribution in [0, 0.1) is 35.5 Å². The van der Waals surface area contributed by atoms with Crippen molar-refractivity contribution in [1.82, 2.24) is 10.1 Å². The Hall–Kier alpha value is -2.76. The summed E-state index contributed by atoms with van der Waals surface area (Å²) in [7, 11) is -9.14. The Morgan fingerprint density at radius 2 is 0.800 bits per heavy atom. The second-order valence-corrected chi connectivity index (χ2v) is 14.4. The summed E-state index contributed by atoms with van der Waals surface area (Å²) in [4.78, 5) is 52.8. The number of carbonyl (C=O) groups is 4. The molecule has 4 amide bonds. The number of nitrogens with zero attached hydrogens (tertiary/aromatic N) is 2. The lowest BCUT2D eigenvalue weighted by Gasteiger charge is -2.44. The van der Waals surface area contributed by atoms with Gasteiger partial charge >= 0.3 is 20.2 Å². The largest absolute Gasteiger partial charge is 0.318 e. The van der Waals surface area contributed by atoms with E-state index in [9.17, 15) is 36.0 Å². The van der Waals surface area contributed by atoms with Crippen LogP contribution < -0.4 is 0 Å². The molecule has 3 fully saturated rings. The molecule has 2 bridgehead atoms. The van der Waals surface area contributed by atoms with Crippen molar-refractivity contribution in [2.75, 3.05) is 0 Å². The Morgan fingerprint density at radius 1 is 0.525 bits per heavy atom. The molecule has 1 saturated carbocycles. The van der Waals surface area contributed by atoms with Crippen molar-refractivity contribution in [3.63, 3.8) is 0 Å². The Morgan fingerprint density at radius 3 is 1.07 bits per heavy atom. The molecule has 2 heterocycles. The fourth-order valence-electron chi connectivity index (χ4n) is 5.80. The van der Waals surface area contributed by atoms with Gasteiger partial charge in [0.05, 0.1) is 33.5 Å². The van der Waals surface area contributed by atoms with Gasteiger partial charge in [-0.15, -0.1) is 18.7 Å². The molecule has 16 heteroatoms. The number of benzene rings is 2.